The molecular weight excluding hydrogens is 418 g/mol. The molecule has 1 aromatic heterocycles. The Morgan fingerprint density at radius 3 is 2.50 bits per heavy atom. The van der Waals surface area contributed by atoms with E-state index >= 15 is 0 Å². The van der Waals surface area contributed by atoms with Crippen molar-refractivity contribution in [3.8, 4) is 0 Å². The second-order valence-corrected chi connectivity index (χ2v) is 9.58. The lowest BCUT2D eigenvalue weighted by Gasteiger charge is -2.35. The number of hydrogen-bond donors (Lipinski definition) is 2. The predicted octanol–water partition coefficient (Wildman–Crippen LogP) is 4.50. The van der Waals surface area contributed by atoms with Gasteiger partial charge in [-0.2, -0.15) is 0 Å². The first-order valence-electron chi connectivity index (χ1n) is 11.0. The fraction of sp³-hybridized carbons (Fsp3) is 0.308. The molecule has 5 nitrogen and oxygen atoms in total. The van der Waals surface area contributed by atoms with E-state index in [1.807, 2.05) is 11.3 Å². The third kappa shape index (κ3) is 4.92. The van der Waals surface area contributed by atoms with Crippen LogP contribution < -0.4 is 11.1 Å². The van der Waals surface area contributed by atoms with Crippen LogP contribution in [0.5, 0.6) is 0 Å². The number of primary amides is 1. The topological polar surface area (TPSA) is 75.4 Å². The number of thiophene rings is 1. The molecule has 0 bridgehead atoms. The molecule has 0 spiro atoms. The number of hydrogen-bond acceptors (Lipinski definition) is 4. The highest BCUT2D eigenvalue weighted by molar-refractivity contribution is 7.10. The molecule has 2 amide bonds. The molecule has 3 N–H and O–H groups in total. The van der Waals surface area contributed by atoms with Gasteiger partial charge in [0.1, 0.15) is 0 Å². The van der Waals surface area contributed by atoms with Crippen molar-refractivity contribution >= 4 is 23.2 Å². The summed E-state index contributed by atoms with van der Waals surface area (Å²) in [6.07, 6.45) is 1.03. The van der Waals surface area contributed by atoms with Gasteiger partial charge in [-0.25, -0.2) is 0 Å². The van der Waals surface area contributed by atoms with Gasteiger partial charge in [0.25, 0.3) is 5.91 Å². The molecule has 0 saturated heterocycles. The number of benzene rings is 2. The Morgan fingerprint density at radius 2 is 1.78 bits per heavy atom. The van der Waals surface area contributed by atoms with E-state index in [2.05, 4.69) is 59.8 Å². The second kappa shape index (κ2) is 9.67. The highest BCUT2D eigenvalue weighted by Gasteiger charge is 2.26. The van der Waals surface area contributed by atoms with Crippen LogP contribution in [0.25, 0.3) is 0 Å². The molecular formula is C26H29N3O2S. The summed E-state index contributed by atoms with van der Waals surface area (Å²) in [6.45, 7) is 6.70. The van der Waals surface area contributed by atoms with Crippen molar-refractivity contribution in [2.45, 2.75) is 38.8 Å². The van der Waals surface area contributed by atoms with E-state index in [4.69, 9.17) is 5.73 Å². The molecule has 0 radical (unpaired) electrons. The standard InChI is InChI=1S/C26H29N3O2S/c1-17(2)18-6-8-19(9-7-18)23(29-12-10-24-22(16-29)11-13-32-24)15-28-26(31)21-5-3-4-20(14-21)25(27)30/h3-9,11,13-14,17,23H,10,12,15-16H2,1-2H3,(H2,27,30)(H,28,31). The average molecular weight is 448 g/mol. The molecule has 6 heteroatoms. The molecule has 32 heavy (non-hydrogen) atoms. The van der Waals surface area contributed by atoms with Gasteiger partial charge in [-0.3, -0.25) is 14.5 Å². The minimum atomic E-state index is -0.539. The van der Waals surface area contributed by atoms with E-state index in [0.29, 0.717) is 23.6 Å². The van der Waals surface area contributed by atoms with Crippen molar-refractivity contribution < 1.29 is 9.59 Å². The van der Waals surface area contributed by atoms with Crippen LogP contribution in [-0.4, -0.2) is 29.8 Å². The van der Waals surface area contributed by atoms with Crippen LogP contribution in [0.3, 0.4) is 0 Å². The normalized spacial score (nSPS) is 14.7. The lowest BCUT2D eigenvalue weighted by atomic mass is 9.97. The number of nitrogens with one attached hydrogen (secondary N) is 1. The predicted molar refractivity (Wildman–Crippen MR) is 129 cm³/mol. The fourth-order valence-electron chi connectivity index (χ4n) is 4.20. The zero-order valence-corrected chi connectivity index (χ0v) is 19.3. The van der Waals surface area contributed by atoms with E-state index in [0.717, 1.165) is 19.5 Å². The fourth-order valence-corrected chi connectivity index (χ4v) is 5.09. The molecule has 1 aliphatic rings. The molecule has 0 aliphatic carbocycles. The summed E-state index contributed by atoms with van der Waals surface area (Å²) < 4.78 is 0. The van der Waals surface area contributed by atoms with Crippen molar-refractivity contribution in [2.75, 3.05) is 13.1 Å². The summed E-state index contributed by atoms with van der Waals surface area (Å²) in [4.78, 5) is 28.2. The first-order chi connectivity index (χ1) is 15.4. The lowest BCUT2D eigenvalue weighted by molar-refractivity contribution is 0.0928. The Kier molecular flexibility index (Phi) is 6.72. The van der Waals surface area contributed by atoms with E-state index in [9.17, 15) is 9.59 Å². The summed E-state index contributed by atoms with van der Waals surface area (Å²) >= 11 is 1.83. The Labute approximate surface area is 193 Å². The van der Waals surface area contributed by atoms with Crippen molar-refractivity contribution in [3.05, 3.63) is 92.7 Å². The quantitative estimate of drug-likeness (QED) is 0.560. The summed E-state index contributed by atoms with van der Waals surface area (Å²) in [7, 11) is 0. The number of amides is 2. The zero-order valence-electron chi connectivity index (χ0n) is 18.5. The largest absolute Gasteiger partial charge is 0.366 e. The first kappa shape index (κ1) is 22.2. The van der Waals surface area contributed by atoms with Crippen molar-refractivity contribution in [2.24, 2.45) is 5.73 Å². The number of carbonyl (C=O) groups excluding carboxylic acids is 2. The van der Waals surface area contributed by atoms with Crippen LogP contribution in [0.15, 0.2) is 60.0 Å². The summed E-state index contributed by atoms with van der Waals surface area (Å²) in [5.41, 5.74) is 10.0. The van der Waals surface area contributed by atoms with Gasteiger partial charge in [-0.1, -0.05) is 44.2 Å². The SMILES string of the molecule is CC(C)c1ccc(C(CNC(=O)c2cccc(C(N)=O)c2)N2CCc3sccc3C2)cc1. The van der Waals surface area contributed by atoms with Gasteiger partial charge in [0.05, 0.1) is 6.04 Å². The Balaban J connectivity index is 1.54. The second-order valence-electron chi connectivity index (χ2n) is 8.58. The molecule has 1 aliphatic heterocycles. The molecule has 3 aromatic rings. The molecule has 166 valence electrons. The summed E-state index contributed by atoms with van der Waals surface area (Å²) in [6, 6.07) is 17.5. The van der Waals surface area contributed by atoms with Gasteiger partial charge < -0.3 is 11.1 Å². The molecule has 4 rings (SSSR count). The number of nitrogens with two attached hydrogens (primary N) is 1. The Morgan fingerprint density at radius 1 is 1.06 bits per heavy atom. The van der Waals surface area contributed by atoms with Crippen molar-refractivity contribution in [1.29, 1.82) is 0 Å². The smallest absolute Gasteiger partial charge is 0.251 e. The van der Waals surface area contributed by atoms with Crippen LogP contribution in [0.1, 0.15) is 68.1 Å². The van der Waals surface area contributed by atoms with E-state index in [-0.39, 0.29) is 11.9 Å². The molecule has 2 aromatic carbocycles. The van der Waals surface area contributed by atoms with Crippen molar-refractivity contribution in [1.82, 2.24) is 10.2 Å². The van der Waals surface area contributed by atoms with Crippen molar-refractivity contribution in [3.63, 3.8) is 0 Å². The number of fused-ring (bicyclic) bond motifs is 1. The monoisotopic (exact) mass is 447 g/mol. The number of nitrogens with zero attached hydrogens (tertiary/aromatic N) is 1. The van der Waals surface area contributed by atoms with E-state index < -0.39 is 5.91 Å². The lowest BCUT2D eigenvalue weighted by Crippen LogP contribution is -2.40. The minimum Gasteiger partial charge on any atom is -0.366 e. The van der Waals surface area contributed by atoms with Crippen LogP contribution in [-0.2, 0) is 13.0 Å². The highest BCUT2D eigenvalue weighted by atomic mass is 32.1. The summed E-state index contributed by atoms with van der Waals surface area (Å²) in [5.74, 6) is -0.268. The first-order valence-corrected chi connectivity index (χ1v) is 11.9. The minimum absolute atomic E-state index is 0.0625. The number of carbonyl (C=O) groups is 2. The van der Waals surface area contributed by atoms with Gasteiger partial charge in [0, 0.05) is 35.6 Å². The number of rotatable bonds is 7. The third-order valence-corrected chi connectivity index (χ3v) is 7.15. The molecule has 2 heterocycles. The third-order valence-electron chi connectivity index (χ3n) is 6.13. The van der Waals surface area contributed by atoms with Crippen LogP contribution >= 0.6 is 11.3 Å². The average Bonchev–Trinajstić information content (AvgIpc) is 3.27. The van der Waals surface area contributed by atoms with Crippen LogP contribution in [0, 0.1) is 0 Å². The molecule has 1 atom stereocenters. The molecule has 0 saturated carbocycles. The van der Waals surface area contributed by atoms with Crippen LogP contribution in [0.2, 0.25) is 0 Å². The Bertz CT molecular complexity index is 1100. The molecule has 1 unspecified atom stereocenters. The van der Waals surface area contributed by atoms with Gasteiger partial charge in [0.2, 0.25) is 5.91 Å². The highest BCUT2D eigenvalue weighted by Crippen LogP contribution is 2.31. The van der Waals surface area contributed by atoms with Crippen LogP contribution in [0.4, 0.5) is 0 Å². The van der Waals surface area contributed by atoms with Gasteiger partial charge >= 0.3 is 0 Å². The zero-order chi connectivity index (χ0) is 22.7. The van der Waals surface area contributed by atoms with Gasteiger partial charge in [-0.05, 0) is 58.7 Å². The maximum atomic E-state index is 12.9. The van der Waals surface area contributed by atoms with Gasteiger partial charge in [-0.15, -0.1) is 11.3 Å². The molecule has 0 fully saturated rings. The van der Waals surface area contributed by atoms with E-state index in [1.165, 1.54) is 21.6 Å². The Hall–Kier alpha value is -2.96. The van der Waals surface area contributed by atoms with E-state index in [1.54, 1.807) is 24.3 Å². The maximum Gasteiger partial charge on any atom is 0.251 e. The van der Waals surface area contributed by atoms with Gasteiger partial charge in [0.15, 0.2) is 0 Å². The maximum absolute atomic E-state index is 12.9. The summed E-state index contributed by atoms with van der Waals surface area (Å²) in [5, 5.41) is 5.25.